The predicted molar refractivity (Wildman–Crippen MR) is 45.5 cm³/mol. The Hall–Kier alpha value is -0.830. The number of halogens is 3. The molecule has 0 bridgehead atoms. The molecule has 0 saturated heterocycles. The van der Waals surface area contributed by atoms with Crippen molar-refractivity contribution in [3.8, 4) is 0 Å². The van der Waals surface area contributed by atoms with Gasteiger partial charge in [-0.1, -0.05) is 0 Å². The summed E-state index contributed by atoms with van der Waals surface area (Å²) >= 11 is 5.51. The van der Waals surface area contributed by atoms with Gasteiger partial charge < -0.3 is 5.32 Å². The van der Waals surface area contributed by atoms with Gasteiger partial charge >= 0.3 is 0 Å². The number of anilines is 1. The van der Waals surface area contributed by atoms with Gasteiger partial charge in [-0.15, -0.1) is 11.6 Å². The first-order chi connectivity index (χ1) is 5.69. The molecule has 1 nitrogen and oxygen atoms in total. The van der Waals surface area contributed by atoms with Crippen molar-refractivity contribution in [2.45, 2.75) is 5.88 Å². The Morgan fingerprint density at radius 3 is 2.42 bits per heavy atom. The summed E-state index contributed by atoms with van der Waals surface area (Å²) in [5.41, 5.74) is 1.07. The van der Waals surface area contributed by atoms with Gasteiger partial charge in [0.25, 0.3) is 0 Å². The summed E-state index contributed by atoms with van der Waals surface area (Å²) in [7, 11) is 1.63. The zero-order valence-corrected chi connectivity index (χ0v) is 7.25. The summed E-state index contributed by atoms with van der Waals surface area (Å²) < 4.78 is 25.2. The molecule has 0 heterocycles. The van der Waals surface area contributed by atoms with Gasteiger partial charge in [0.05, 0.1) is 0 Å². The highest BCUT2D eigenvalue weighted by Gasteiger charge is 2.07. The summed E-state index contributed by atoms with van der Waals surface area (Å²) in [4.78, 5) is 0. The van der Waals surface area contributed by atoms with E-state index in [0.717, 1.165) is 12.1 Å². The zero-order chi connectivity index (χ0) is 9.14. The van der Waals surface area contributed by atoms with E-state index in [2.05, 4.69) is 5.32 Å². The van der Waals surface area contributed by atoms with E-state index in [-0.39, 0.29) is 5.88 Å². The van der Waals surface area contributed by atoms with Crippen LogP contribution in [0.15, 0.2) is 12.1 Å². The predicted octanol–water partition coefficient (Wildman–Crippen LogP) is 2.75. The van der Waals surface area contributed by atoms with E-state index >= 15 is 0 Å². The summed E-state index contributed by atoms with van der Waals surface area (Å²) in [5, 5.41) is 2.72. The van der Waals surface area contributed by atoms with Gasteiger partial charge in [0, 0.05) is 24.7 Å². The Bertz CT molecular complexity index is 260. The van der Waals surface area contributed by atoms with Crippen LogP contribution in [0, 0.1) is 11.6 Å². The molecule has 66 valence electrons. The molecule has 0 radical (unpaired) electrons. The van der Waals surface area contributed by atoms with E-state index in [1.54, 1.807) is 7.05 Å². The highest BCUT2D eigenvalue weighted by molar-refractivity contribution is 6.17. The molecular formula is C8H8ClF2N. The van der Waals surface area contributed by atoms with Crippen LogP contribution in [-0.4, -0.2) is 7.05 Å². The van der Waals surface area contributed by atoms with Crippen LogP contribution in [0.1, 0.15) is 5.56 Å². The number of hydrogen-bond donors (Lipinski definition) is 1. The second-order valence-corrected chi connectivity index (χ2v) is 2.57. The van der Waals surface area contributed by atoms with E-state index in [1.807, 2.05) is 0 Å². The largest absolute Gasteiger partial charge is 0.388 e. The van der Waals surface area contributed by atoms with Crippen molar-refractivity contribution in [2.24, 2.45) is 0 Å². The molecule has 1 aromatic rings. The molecule has 0 fully saturated rings. The molecule has 1 N–H and O–H groups in total. The van der Waals surface area contributed by atoms with Crippen LogP contribution in [0.5, 0.6) is 0 Å². The summed E-state index contributed by atoms with van der Waals surface area (Å²) in [5.74, 6) is -1.58. The van der Waals surface area contributed by atoms with Crippen LogP contribution in [0.3, 0.4) is 0 Å². The number of alkyl halides is 1. The third kappa shape index (κ3) is 1.67. The molecular weight excluding hydrogens is 184 g/mol. The smallest absolute Gasteiger partial charge is 0.160 e. The molecule has 0 aromatic heterocycles. The molecule has 0 amide bonds. The summed E-state index contributed by atoms with van der Waals surface area (Å²) in [6.07, 6.45) is 0. The van der Waals surface area contributed by atoms with Crippen molar-refractivity contribution in [1.82, 2.24) is 0 Å². The first-order valence-corrected chi connectivity index (χ1v) is 3.94. The van der Waals surface area contributed by atoms with Gasteiger partial charge in [-0.3, -0.25) is 0 Å². The van der Waals surface area contributed by atoms with Crippen molar-refractivity contribution in [2.75, 3.05) is 12.4 Å². The first kappa shape index (κ1) is 9.26. The minimum atomic E-state index is -0.871. The lowest BCUT2D eigenvalue weighted by atomic mass is 10.2. The van der Waals surface area contributed by atoms with Crippen molar-refractivity contribution in [3.63, 3.8) is 0 Å². The molecule has 12 heavy (non-hydrogen) atoms. The Morgan fingerprint density at radius 2 is 1.92 bits per heavy atom. The Kier molecular flexibility index (Phi) is 2.87. The number of nitrogens with one attached hydrogen (secondary N) is 1. The van der Waals surface area contributed by atoms with E-state index in [4.69, 9.17) is 11.6 Å². The number of benzene rings is 1. The lowest BCUT2D eigenvalue weighted by molar-refractivity contribution is 0.508. The van der Waals surface area contributed by atoms with Crippen LogP contribution < -0.4 is 5.32 Å². The molecule has 1 aromatic carbocycles. The van der Waals surface area contributed by atoms with Gasteiger partial charge in [0.15, 0.2) is 11.6 Å². The van der Waals surface area contributed by atoms with E-state index in [1.165, 1.54) is 0 Å². The van der Waals surface area contributed by atoms with Crippen LogP contribution in [0.25, 0.3) is 0 Å². The normalized spacial score (nSPS) is 10.0. The standard InChI is InChI=1S/C8H8ClF2N/c1-12-8-3-7(11)6(10)2-5(8)4-9/h2-3,12H,4H2,1H3. The van der Waals surface area contributed by atoms with Crippen LogP contribution in [0.2, 0.25) is 0 Å². The fourth-order valence-corrected chi connectivity index (χ4v) is 1.15. The van der Waals surface area contributed by atoms with Gasteiger partial charge in [0.2, 0.25) is 0 Å². The van der Waals surface area contributed by atoms with E-state index < -0.39 is 11.6 Å². The van der Waals surface area contributed by atoms with Crippen molar-refractivity contribution < 1.29 is 8.78 Å². The lowest BCUT2D eigenvalue weighted by Crippen LogP contribution is -1.96. The third-order valence-corrected chi connectivity index (χ3v) is 1.85. The molecule has 0 atom stereocenters. The molecule has 0 unspecified atom stereocenters. The molecule has 0 saturated carbocycles. The van der Waals surface area contributed by atoms with Crippen molar-refractivity contribution in [1.29, 1.82) is 0 Å². The summed E-state index contributed by atoms with van der Waals surface area (Å²) in [6, 6.07) is 2.18. The molecule has 4 heteroatoms. The van der Waals surface area contributed by atoms with Crippen LogP contribution >= 0.6 is 11.6 Å². The average Bonchev–Trinajstić information content (AvgIpc) is 2.09. The SMILES string of the molecule is CNc1cc(F)c(F)cc1CCl. The number of rotatable bonds is 2. The lowest BCUT2D eigenvalue weighted by Gasteiger charge is -2.06. The van der Waals surface area contributed by atoms with Gasteiger partial charge in [-0.05, 0) is 11.6 Å². The van der Waals surface area contributed by atoms with E-state index in [9.17, 15) is 8.78 Å². The Morgan fingerprint density at radius 1 is 1.33 bits per heavy atom. The highest BCUT2D eigenvalue weighted by atomic mass is 35.5. The fraction of sp³-hybridized carbons (Fsp3) is 0.250. The second-order valence-electron chi connectivity index (χ2n) is 2.31. The molecule has 1 rings (SSSR count). The van der Waals surface area contributed by atoms with Gasteiger partial charge in [-0.2, -0.15) is 0 Å². The minimum Gasteiger partial charge on any atom is -0.388 e. The summed E-state index contributed by atoms with van der Waals surface area (Å²) in [6.45, 7) is 0. The number of hydrogen-bond acceptors (Lipinski definition) is 1. The Labute approximate surface area is 74.3 Å². The maximum absolute atomic E-state index is 12.6. The average molecular weight is 192 g/mol. The fourth-order valence-electron chi connectivity index (χ4n) is 0.931. The first-order valence-electron chi connectivity index (χ1n) is 3.40. The highest BCUT2D eigenvalue weighted by Crippen LogP contribution is 2.20. The topological polar surface area (TPSA) is 12.0 Å². The molecule has 0 aliphatic rings. The molecule has 0 spiro atoms. The molecule has 0 aliphatic heterocycles. The monoisotopic (exact) mass is 191 g/mol. The van der Waals surface area contributed by atoms with Crippen LogP contribution in [-0.2, 0) is 5.88 Å². The second kappa shape index (κ2) is 3.72. The van der Waals surface area contributed by atoms with Crippen molar-refractivity contribution >= 4 is 17.3 Å². The Balaban J connectivity index is 3.19. The third-order valence-electron chi connectivity index (χ3n) is 1.56. The minimum absolute atomic E-state index is 0.160. The zero-order valence-electron chi connectivity index (χ0n) is 6.50. The van der Waals surface area contributed by atoms with E-state index in [0.29, 0.717) is 11.3 Å². The maximum atomic E-state index is 12.6. The van der Waals surface area contributed by atoms with Gasteiger partial charge in [0.1, 0.15) is 0 Å². The van der Waals surface area contributed by atoms with Gasteiger partial charge in [-0.25, -0.2) is 8.78 Å². The van der Waals surface area contributed by atoms with Crippen molar-refractivity contribution in [3.05, 3.63) is 29.3 Å². The maximum Gasteiger partial charge on any atom is 0.160 e. The van der Waals surface area contributed by atoms with Crippen LogP contribution in [0.4, 0.5) is 14.5 Å². The molecule has 0 aliphatic carbocycles. The quantitative estimate of drug-likeness (QED) is 0.709.